The molecule has 0 radical (unpaired) electrons. The van der Waals surface area contributed by atoms with Crippen LogP contribution >= 0.6 is 0 Å². The molecule has 0 amide bonds. The van der Waals surface area contributed by atoms with Crippen LogP contribution in [-0.2, 0) is 12.8 Å². The van der Waals surface area contributed by atoms with Crippen LogP contribution in [0, 0.1) is 6.92 Å². The molecule has 0 saturated heterocycles. The maximum absolute atomic E-state index is 6.04. The Morgan fingerprint density at radius 1 is 1.21 bits per heavy atom. The summed E-state index contributed by atoms with van der Waals surface area (Å²) in [6.07, 6.45) is 3.10. The highest BCUT2D eigenvalue weighted by molar-refractivity contribution is 5.67. The fourth-order valence-corrected chi connectivity index (χ4v) is 2.57. The number of aryl methyl sites for hydroxylation is 2. The number of ether oxygens (including phenoxy) is 1. The Bertz CT molecular complexity index is 638. The molecule has 0 spiro atoms. The van der Waals surface area contributed by atoms with Gasteiger partial charge in [-0.15, -0.1) is 0 Å². The van der Waals surface area contributed by atoms with Gasteiger partial charge >= 0.3 is 0 Å². The lowest BCUT2D eigenvalue weighted by molar-refractivity contribution is 0.416. The SMILES string of the molecule is COc1cc(C)ccc1-c1nc(N)c2c(n1)CCC2. The molecule has 4 heteroatoms. The third-order valence-electron chi connectivity index (χ3n) is 3.56. The van der Waals surface area contributed by atoms with E-state index < -0.39 is 0 Å². The fraction of sp³-hybridized carbons (Fsp3) is 0.333. The van der Waals surface area contributed by atoms with Gasteiger partial charge in [-0.3, -0.25) is 0 Å². The molecule has 0 saturated carbocycles. The minimum atomic E-state index is 0.611. The lowest BCUT2D eigenvalue weighted by Crippen LogP contribution is -2.03. The molecular weight excluding hydrogens is 238 g/mol. The van der Waals surface area contributed by atoms with E-state index in [1.165, 1.54) is 0 Å². The second kappa shape index (κ2) is 4.53. The lowest BCUT2D eigenvalue weighted by atomic mass is 10.1. The fourth-order valence-electron chi connectivity index (χ4n) is 2.57. The first kappa shape index (κ1) is 12.0. The molecular formula is C15H17N3O. The molecule has 1 aromatic heterocycles. The van der Waals surface area contributed by atoms with Crippen LogP contribution in [0.5, 0.6) is 5.75 Å². The van der Waals surface area contributed by atoms with Crippen molar-refractivity contribution >= 4 is 5.82 Å². The zero-order valence-corrected chi connectivity index (χ0v) is 11.2. The quantitative estimate of drug-likeness (QED) is 0.895. The summed E-state index contributed by atoms with van der Waals surface area (Å²) in [5.74, 6) is 2.06. The van der Waals surface area contributed by atoms with E-state index in [0.717, 1.165) is 47.4 Å². The standard InChI is InChI=1S/C15H17N3O/c1-9-6-7-11(13(8-9)19-2)15-17-12-5-3-4-10(12)14(16)18-15/h6-8H,3-5H2,1-2H3,(H2,16,17,18). The molecule has 0 unspecified atom stereocenters. The summed E-state index contributed by atoms with van der Waals surface area (Å²) >= 11 is 0. The first-order chi connectivity index (χ1) is 9.19. The summed E-state index contributed by atoms with van der Waals surface area (Å²) in [6, 6.07) is 6.01. The van der Waals surface area contributed by atoms with Gasteiger partial charge in [-0.25, -0.2) is 9.97 Å². The van der Waals surface area contributed by atoms with Crippen LogP contribution in [0.3, 0.4) is 0 Å². The van der Waals surface area contributed by atoms with Crippen LogP contribution < -0.4 is 10.5 Å². The van der Waals surface area contributed by atoms with Crippen LogP contribution in [0.25, 0.3) is 11.4 Å². The molecule has 0 atom stereocenters. The number of nitrogens with zero attached hydrogens (tertiary/aromatic N) is 2. The third kappa shape index (κ3) is 2.03. The molecule has 1 heterocycles. The van der Waals surface area contributed by atoms with Gasteiger partial charge in [0.2, 0.25) is 0 Å². The topological polar surface area (TPSA) is 61.0 Å². The molecule has 1 aliphatic rings. The molecule has 0 bridgehead atoms. The number of anilines is 1. The van der Waals surface area contributed by atoms with E-state index in [2.05, 4.69) is 9.97 Å². The molecule has 1 aliphatic carbocycles. The van der Waals surface area contributed by atoms with Gasteiger partial charge in [0.15, 0.2) is 5.82 Å². The highest BCUT2D eigenvalue weighted by atomic mass is 16.5. The summed E-state index contributed by atoms with van der Waals surface area (Å²) in [6.45, 7) is 2.03. The van der Waals surface area contributed by atoms with Crippen molar-refractivity contribution in [2.24, 2.45) is 0 Å². The van der Waals surface area contributed by atoms with Gasteiger partial charge in [-0.1, -0.05) is 6.07 Å². The Balaban J connectivity index is 2.15. The number of rotatable bonds is 2. The Morgan fingerprint density at radius 2 is 2.05 bits per heavy atom. The number of benzene rings is 1. The van der Waals surface area contributed by atoms with Crippen LogP contribution in [0.1, 0.15) is 23.2 Å². The summed E-state index contributed by atoms with van der Waals surface area (Å²) in [5, 5.41) is 0. The van der Waals surface area contributed by atoms with Crippen LogP contribution in [0.15, 0.2) is 18.2 Å². The predicted octanol–water partition coefficient (Wildman–Crippen LogP) is 2.53. The molecule has 2 aromatic rings. The zero-order valence-electron chi connectivity index (χ0n) is 11.2. The molecule has 0 fully saturated rings. The molecule has 19 heavy (non-hydrogen) atoms. The Morgan fingerprint density at radius 3 is 2.84 bits per heavy atom. The number of methoxy groups -OCH3 is 1. The predicted molar refractivity (Wildman–Crippen MR) is 75.2 cm³/mol. The Kier molecular flexibility index (Phi) is 2.85. The normalized spacial score (nSPS) is 13.4. The van der Waals surface area contributed by atoms with Gasteiger partial charge in [-0.2, -0.15) is 0 Å². The molecule has 0 aliphatic heterocycles. The van der Waals surface area contributed by atoms with Crippen molar-refractivity contribution in [3.8, 4) is 17.1 Å². The summed E-state index contributed by atoms with van der Waals surface area (Å²) < 4.78 is 5.42. The number of nitrogens with two attached hydrogens (primary N) is 1. The smallest absolute Gasteiger partial charge is 0.165 e. The third-order valence-corrected chi connectivity index (χ3v) is 3.56. The van der Waals surface area contributed by atoms with Crippen molar-refractivity contribution in [1.29, 1.82) is 0 Å². The van der Waals surface area contributed by atoms with E-state index in [9.17, 15) is 0 Å². The summed E-state index contributed by atoms with van der Waals surface area (Å²) in [5.41, 5.74) is 10.3. The van der Waals surface area contributed by atoms with E-state index in [0.29, 0.717) is 11.6 Å². The summed E-state index contributed by atoms with van der Waals surface area (Å²) in [4.78, 5) is 9.09. The van der Waals surface area contributed by atoms with Crippen LogP contribution in [0.2, 0.25) is 0 Å². The van der Waals surface area contributed by atoms with Crippen molar-refractivity contribution < 1.29 is 4.74 Å². The largest absolute Gasteiger partial charge is 0.496 e. The van der Waals surface area contributed by atoms with Gasteiger partial charge in [-0.05, 0) is 43.9 Å². The van der Waals surface area contributed by atoms with Gasteiger partial charge < -0.3 is 10.5 Å². The maximum atomic E-state index is 6.04. The number of hydrogen-bond donors (Lipinski definition) is 1. The second-order valence-electron chi connectivity index (χ2n) is 4.91. The first-order valence-electron chi connectivity index (χ1n) is 6.49. The minimum Gasteiger partial charge on any atom is -0.496 e. The van der Waals surface area contributed by atoms with E-state index in [1.807, 2.05) is 25.1 Å². The lowest BCUT2D eigenvalue weighted by Gasteiger charge is -2.10. The van der Waals surface area contributed by atoms with E-state index in [1.54, 1.807) is 7.11 Å². The van der Waals surface area contributed by atoms with E-state index >= 15 is 0 Å². The molecule has 4 nitrogen and oxygen atoms in total. The van der Waals surface area contributed by atoms with Crippen LogP contribution in [0.4, 0.5) is 5.82 Å². The van der Waals surface area contributed by atoms with Gasteiger partial charge in [0.25, 0.3) is 0 Å². The average Bonchev–Trinajstić information content (AvgIpc) is 2.87. The van der Waals surface area contributed by atoms with Gasteiger partial charge in [0.1, 0.15) is 11.6 Å². The molecule has 1 aromatic carbocycles. The minimum absolute atomic E-state index is 0.611. The number of hydrogen-bond acceptors (Lipinski definition) is 4. The summed E-state index contributed by atoms with van der Waals surface area (Å²) in [7, 11) is 1.66. The van der Waals surface area contributed by atoms with E-state index in [-0.39, 0.29) is 0 Å². The monoisotopic (exact) mass is 255 g/mol. The molecule has 2 N–H and O–H groups in total. The highest BCUT2D eigenvalue weighted by Crippen LogP contribution is 2.32. The van der Waals surface area contributed by atoms with Crippen molar-refractivity contribution in [3.63, 3.8) is 0 Å². The zero-order chi connectivity index (χ0) is 13.4. The van der Waals surface area contributed by atoms with E-state index in [4.69, 9.17) is 10.5 Å². The Labute approximate surface area is 112 Å². The van der Waals surface area contributed by atoms with Gasteiger partial charge in [0.05, 0.1) is 12.7 Å². The average molecular weight is 255 g/mol. The number of fused-ring (bicyclic) bond motifs is 1. The Hall–Kier alpha value is -2.10. The van der Waals surface area contributed by atoms with Gasteiger partial charge in [0, 0.05) is 11.3 Å². The van der Waals surface area contributed by atoms with Crippen molar-refractivity contribution in [3.05, 3.63) is 35.0 Å². The highest BCUT2D eigenvalue weighted by Gasteiger charge is 2.19. The number of nitrogen functional groups attached to an aromatic ring is 1. The molecule has 98 valence electrons. The number of aromatic nitrogens is 2. The van der Waals surface area contributed by atoms with Crippen molar-refractivity contribution in [1.82, 2.24) is 9.97 Å². The second-order valence-corrected chi connectivity index (χ2v) is 4.91. The molecule has 3 rings (SSSR count). The first-order valence-corrected chi connectivity index (χ1v) is 6.49. The maximum Gasteiger partial charge on any atom is 0.165 e. The van der Waals surface area contributed by atoms with Crippen molar-refractivity contribution in [2.45, 2.75) is 26.2 Å². The van der Waals surface area contributed by atoms with Crippen molar-refractivity contribution in [2.75, 3.05) is 12.8 Å². The van der Waals surface area contributed by atoms with Crippen LogP contribution in [-0.4, -0.2) is 17.1 Å².